The van der Waals surface area contributed by atoms with Gasteiger partial charge in [-0.2, -0.15) is 4.31 Å². The topological polar surface area (TPSA) is 63.4 Å². The molecule has 0 fully saturated rings. The molecule has 1 atom stereocenters. The average Bonchev–Trinajstić information content (AvgIpc) is 2.30. The third kappa shape index (κ3) is 3.24. The third-order valence-electron chi connectivity index (χ3n) is 3.51. The zero-order chi connectivity index (χ0) is 15.9. The molecule has 0 aliphatic heterocycles. The fraction of sp³-hybridized carbons (Fsp3) is 0.538. The van der Waals surface area contributed by atoms with Gasteiger partial charge in [0.1, 0.15) is 10.7 Å². The van der Waals surface area contributed by atoms with Gasteiger partial charge in [-0.15, -0.1) is 0 Å². The maximum atomic E-state index is 13.3. The van der Waals surface area contributed by atoms with Crippen LogP contribution in [0.5, 0.6) is 0 Å². The van der Waals surface area contributed by atoms with Crippen LogP contribution in [0.1, 0.15) is 27.7 Å². The lowest BCUT2D eigenvalue weighted by molar-refractivity contribution is 0.216. The first-order chi connectivity index (χ1) is 8.89. The smallest absolute Gasteiger partial charge is 0.244 e. The van der Waals surface area contributed by atoms with Crippen LogP contribution >= 0.6 is 11.6 Å². The first kappa shape index (κ1) is 17.2. The maximum Gasteiger partial charge on any atom is 0.244 e. The van der Waals surface area contributed by atoms with Crippen LogP contribution in [-0.2, 0) is 10.0 Å². The van der Waals surface area contributed by atoms with Gasteiger partial charge in [-0.1, -0.05) is 32.4 Å². The van der Waals surface area contributed by atoms with Crippen molar-refractivity contribution in [1.82, 2.24) is 4.31 Å². The highest BCUT2D eigenvalue weighted by molar-refractivity contribution is 7.89. The van der Waals surface area contributed by atoms with Crippen LogP contribution in [0.2, 0.25) is 5.02 Å². The summed E-state index contributed by atoms with van der Waals surface area (Å²) in [6.45, 7) is 7.61. The van der Waals surface area contributed by atoms with Gasteiger partial charge >= 0.3 is 0 Å². The zero-order valence-electron chi connectivity index (χ0n) is 12.2. The largest absolute Gasteiger partial charge is 0.396 e. The van der Waals surface area contributed by atoms with E-state index < -0.39 is 15.8 Å². The summed E-state index contributed by atoms with van der Waals surface area (Å²) < 4.78 is 39.6. The normalized spacial score (nSPS) is 14.6. The van der Waals surface area contributed by atoms with Crippen molar-refractivity contribution in [2.45, 2.75) is 38.6 Å². The fourth-order valence-corrected chi connectivity index (χ4v) is 3.72. The molecule has 0 saturated heterocycles. The minimum Gasteiger partial charge on any atom is -0.396 e. The lowest BCUT2D eigenvalue weighted by atomic mass is 9.88. The predicted molar refractivity (Wildman–Crippen MR) is 79.7 cm³/mol. The number of hydrogen-bond acceptors (Lipinski definition) is 3. The summed E-state index contributed by atoms with van der Waals surface area (Å²) in [6, 6.07) is 1.70. The van der Waals surface area contributed by atoms with Crippen LogP contribution in [0.3, 0.4) is 0 Å². The number of nitrogens with zero attached hydrogens (tertiary/aromatic N) is 1. The Kier molecular flexibility index (Phi) is 4.73. The molecule has 0 aliphatic carbocycles. The van der Waals surface area contributed by atoms with Gasteiger partial charge in [0.15, 0.2) is 0 Å². The van der Waals surface area contributed by atoms with Gasteiger partial charge < -0.3 is 5.73 Å². The molecule has 0 amide bonds. The number of rotatable bonds is 3. The summed E-state index contributed by atoms with van der Waals surface area (Å²) in [7, 11) is -2.36. The molecular formula is C13H20ClFN2O2S. The van der Waals surface area contributed by atoms with Crippen molar-refractivity contribution in [2.75, 3.05) is 12.8 Å². The van der Waals surface area contributed by atoms with E-state index in [1.165, 1.54) is 11.4 Å². The molecule has 1 rings (SSSR count). The second-order valence-electron chi connectivity index (χ2n) is 5.87. The average molecular weight is 323 g/mol. The van der Waals surface area contributed by atoms with Crippen molar-refractivity contribution in [2.24, 2.45) is 5.41 Å². The van der Waals surface area contributed by atoms with Crippen LogP contribution in [0.15, 0.2) is 17.0 Å². The Hall–Kier alpha value is -0.850. The Morgan fingerprint density at radius 1 is 1.35 bits per heavy atom. The molecule has 2 N–H and O–H groups in total. The molecule has 0 heterocycles. The molecule has 0 saturated carbocycles. The van der Waals surface area contributed by atoms with E-state index >= 15 is 0 Å². The van der Waals surface area contributed by atoms with E-state index in [0.29, 0.717) is 0 Å². The quantitative estimate of drug-likeness (QED) is 0.870. The van der Waals surface area contributed by atoms with E-state index in [2.05, 4.69) is 0 Å². The number of sulfonamides is 1. The molecule has 114 valence electrons. The number of halogens is 2. The highest BCUT2D eigenvalue weighted by Gasteiger charge is 2.33. The third-order valence-corrected chi connectivity index (χ3v) is 5.90. The Morgan fingerprint density at radius 2 is 1.85 bits per heavy atom. The van der Waals surface area contributed by atoms with E-state index in [9.17, 15) is 12.8 Å². The summed E-state index contributed by atoms with van der Waals surface area (Å²) in [5.74, 6) is -0.736. The molecule has 20 heavy (non-hydrogen) atoms. The molecule has 0 aliphatic rings. The maximum absolute atomic E-state index is 13.3. The first-order valence-corrected chi connectivity index (χ1v) is 7.93. The van der Waals surface area contributed by atoms with Crippen LogP contribution in [0.4, 0.5) is 10.1 Å². The molecule has 1 aromatic rings. The number of nitrogen functional groups attached to an aromatic ring is 1. The molecule has 0 aromatic heterocycles. The van der Waals surface area contributed by atoms with Crippen LogP contribution in [0.25, 0.3) is 0 Å². The van der Waals surface area contributed by atoms with Crippen molar-refractivity contribution in [3.8, 4) is 0 Å². The Labute approximate surface area is 124 Å². The Bertz CT molecular complexity index is 612. The molecule has 7 heteroatoms. The van der Waals surface area contributed by atoms with Crippen LogP contribution in [-0.4, -0.2) is 25.8 Å². The molecule has 0 radical (unpaired) electrons. The van der Waals surface area contributed by atoms with Gasteiger partial charge in [0.05, 0.1) is 10.7 Å². The number of anilines is 1. The van der Waals surface area contributed by atoms with E-state index in [0.717, 1.165) is 12.1 Å². The van der Waals surface area contributed by atoms with Crippen LogP contribution < -0.4 is 5.73 Å². The first-order valence-electron chi connectivity index (χ1n) is 6.11. The minimum absolute atomic E-state index is 0.176. The Morgan fingerprint density at radius 3 is 2.30 bits per heavy atom. The molecule has 1 aromatic carbocycles. The Balaban J connectivity index is 3.34. The molecule has 4 nitrogen and oxygen atoms in total. The standard InChI is InChI=1S/C13H20ClFN2O2S/c1-8(13(2,3)4)17(5)20(18,19)12-7-11(16)10(15)6-9(12)14/h6-8H,16H2,1-5H3. The fourth-order valence-electron chi connectivity index (χ4n) is 1.65. The predicted octanol–water partition coefficient (Wildman–Crippen LogP) is 3.12. The van der Waals surface area contributed by atoms with Crippen molar-refractivity contribution < 1.29 is 12.8 Å². The van der Waals surface area contributed by atoms with Gasteiger partial charge in [0, 0.05) is 13.1 Å². The van der Waals surface area contributed by atoms with Crippen molar-refractivity contribution in [3.63, 3.8) is 0 Å². The lowest BCUT2D eigenvalue weighted by Crippen LogP contribution is -2.43. The SMILES string of the molecule is CC(N(C)S(=O)(=O)c1cc(N)c(F)cc1Cl)C(C)(C)C. The number of hydrogen-bond donors (Lipinski definition) is 1. The minimum atomic E-state index is -3.84. The summed E-state index contributed by atoms with van der Waals surface area (Å²) in [4.78, 5) is -0.184. The monoisotopic (exact) mass is 322 g/mol. The van der Waals surface area contributed by atoms with Crippen molar-refractivity contribution in [1.29, 1.82) is 0 Å². The van der Waals surface area contributed by atoms with Gasteiger partial charge in [0.25, 0.3) is 0 Å². The molecular weight excluding hydrogens is 303 g/mol. The second-order valence-corrected chi connectivity index (χ2v) is 8.24. The van der Waals surface area contributed by atoms with Gasteiger partial charge in [-0.25, -0.2) is 12.8 Å². The summed E-state index contributed by atoms with van der Waals surface area (Å²) in [6.07, 6.45) is 0. The highest BCUT2D eigenvalue weighted by atomic mass is 35.5. The van der Waals surface area contributed by atoms with E-state index in [1.807, 2.05) is 20.8 Å². The van der Waals surface area contributed by atoms with Gasteiger partial charge in [0.2, 0.25) is 10.0 Å². The second kappa shape index (κ2) is 5.50. The summed E-state index contributed by atoms with van der Waals surface area (Å²) in [5, 5.41) is -0.176. The van der Waals surface area contributed by atoms with Gasteiger partial charge in [-0.05, 0) is 24.5 Å². The molecule has 0 spiro atoms. The van der Waals surface area contributed by atoms with E-state index in [4.69, 9.17) is 17.3 Å². The van der Waals surface area contributed by atoms with Gasteiger partial charge in [-0.3, -0.25) is 0 Å². The number of nitrogens with two attached hydrogens (primary N) is 1. The number of benzene rings is 1. The van der Waals surface area contributed by atoms with Crippen LogP contribution in [0, 0.1) is 11.2 Å². The molecule has 0 bridgehead atoms. The van der Waals surface area contributed by atoms with Crippen molar-refractivity contribution in [3.05, 3.63) is 23.0 Å². The highest BCUT2D eigenvalue weighted by Crippen LogP contribution is 2.32. The summed E-state index contributed by atoms with van der Waals surface area (Å²) in [5.41, 5.74) is 4.94. The zero-order valence-corrected chi connectivity index (χ0v) is 13.8. The molecule has 1 unspecified atom stereocenters. The van der Waals surface area contributed by atoms with Crippen molar-refractivity contribution >= 4 is 27.3 Å². The van der Waals surface area contributed by atoms with E-state index in [1.54, 1.807) is 6.92 Å². The van der Waals surface area contributed by atoms with E-state index in [-0.39, 0.29) is 27.1 Å². The lowest BCUT2D eigenvalue weighted by Gasteiger charge is -2.34. The summed E-state index contributed by atoms with van der Waals surface area (Å²) >= 11 is 5.85.